The quantitative estimate of drug-likeness (QED) is 0.856. The van der Waals surface area contributed by atoms with Crippen LogP contribution < -0.4 is 5.32 Å². The number of hydrogen-bond donors (Lipinski definition) is 1. The summed E-state index contributed by atoms with van der Waals surface area (Å²) in [7, 11) is 4.42. The molecule has 0 amide bonds. The van der Waals surface area contributed by atoms with Crippen molar-refractivity contribution in [2.45, 2.75) is 51.1 Å². The molecule has 1 aromatic rings. The second-order valence-corrected chi connectivity index (χ2v) is 6.27. The summed E-state index contributed by atoms with van der Waals surface area (Å²) in [6.07, 6.45) is 6.56. The average molecular weight is 274 g/mol. The van der Waals surface area contributed by atoms with Crippen molar-refractivity contribution in [3.8, 4) is 0 Å². The van der Waals surface area contributed by atoms with Crippen LogP contribution in [0.4, 0.5) is 0 Å². The van der Waals surface area contributed by atoms with Crippen LogP contribution >= 0.6 is 0 Å². The predicted molar refractivity (Wildman–Crippen MR) is 87.0 cm³/mol. The number of hydrogen-bond acceptors (Lipinski definition) is 2. The van der Waals surface area contributed by atoms with E-state index in [-0.39, 0.29) is 0 Å². The van der Waals surface area contributed by atoms with Crippen molar-refractivity contribution in [3.63, 3.8) is 0 Å². The van der Waals surface area contributed by atoms with E-state index in [1.165, 1.54) is 31.2 Å². The van der Waals surface area contributed by atoms with Crippen molar-refractivity contribution in [2.75, 3.05) is 20.6 Å². The topological polar surface area (TPSA) is 15.3 Å². The Morgan fingerprint density at radius 2 is 1.95 bits per heavy atom. The van der Waals surface area contributed by atoms with Gasteiger partial charge in [0.05, 0.1) is 0 Å². The van der Waals surface area contributed by atoms with E-state index in [2.05, 4.69) is 61.6 Å². The molecule has 20 heavy (non-hydrogen) atoms. The van der Waals surface area contributed by atoms with Gasteiger partial charge in [-0.15, -0.1) is 0 Å². The first-order chi connectivity index (χ1) is 9.74. The van der Waals surface area contributed by atoms with E-state index in [1.807, 2.05) is 0 Å². The Bertz CT molecular complexity index is 376. The van der Waals surface area contributed by atoms with Crippen molar-refractivity contribution in [3.05, 3.63) is 35.9 Å². The zero-order valence-corrected chi connectivity index (χ0v) is 13.3. The van der Waals surface area contributed by atoms with Gasteiger partial charge < -0.3 is 10.2 Å². The second kappa shape index (κ2) is 7.80. The molecule has 0 spiro atoms. The molecular weight excluding hydrogens is 244 g/mol. The van der Waals surface area contributed by atoms with E-state index in [9.17, 15) is 0 Å². The summed E-state index contributed by atoms with van der Waals surface area (Å²) in [6, 6.07) is 12.2. The van der Waals surface area contributed by atoms with Gasteiger partial charge in [0.25, 0.3) is 0 Å². The van der Waals surface area contributed by atoms with Gasteiger partial charge in [0.2, 0.25) is 0 Å². The molecule has 3 atom stereocenters. The lowest BCUT2D eigenvalue weighted by atomic mass is 9.80. The van der Waals surface area contributed by atoms with Crippen molar-refractivity contribution >= 4 is 0 Å². The summed E-state index contributed by atoms with van der Waals surface area (Å²) >= 11 is 0. The molecule has 112 valence electrons. The molecule has 0 aliphatic heterocycles. The third kappa shape index (κ3) is 4.07. The molecule has 3 unspecified atom stereocenters. The fourth-order valence-electron chi connectivity index (χ4n) is 3.54. The zero-order valence-electron chi connectivity index (χ0n) is 13.3. The Morgan fingerprint density at radius 3 is 2.60 bits per heavy atom. The van der Waals surface area contributed by atoms with E-state index in [0.717, 1.165) is 18.9 Å². The van der Waals surface area contributed by atoms with E-state index < -0.39 is 0 Å². The number of likely N-dealkylation sites (N-methyl/N-ethyl adjacent to an activating group) is 2. The Labute approximate surface area is 124 Å². The number of nitrogens with one attached hydrogen (secondary N) is 1. The summed E-state index contributed by atoms with van der Waals surface area (Å²) in [5.74, 6) is 0.920. The lowest BCUT2D eigenvalue weighted by Gasteiger charge is -2.41. The average Bonchev–Trinajstić information content (AvgIpc) is 2.52. The summed E-state index contributed by atoms with van der Waals surface area (Å²) < 4.78 is 0. The molecule has 1 fully saturated rings. The van der Waals surface area contributed by atoms with Crippen LogP contribution in [0, 0.1) is 5.92 Å². The molecule has 1 N–H and O–H groups in total. The van der Waals surface area contributed by atoms with E-state index in [1.54, 1.807) is 0 Å². The fraction of sp³-hybridized carbons (Fsp3) is 0.667. The Balaban J connectivity index is 1.90. The predicted octanol–water partition coefficient (Wildman–Crippen LogP) is 3.33. The second-order valence-electron chi connectivity index (χ2n) is 6.27. The first kappa shape index (κ1) is 15.5. The lowest BCUT2D eigenvalue weighted by Crippen LogP contribution is -2.51. The van der Waals surface area contributed by atoms with Gasteiger partial charge in [-0.2, -0.15) is 0 Å². The third-order valence-corrected chi connectivity index (χ3v) is 5.04. The number of rotatable bonds is 6. The number of nitrogens with zero attached hydrogens (tertiary/aromatic N) is 1. The molecule has 2 rings (SSSR count). The van der Waals surface area contributed by atoms with Gasteiger partial charge in [0, 0.05) is 18.6 Å². The van der Waals surface area contributed by atoms with Crippen LogP contribution in [-0.2, 0) is 6.42 Å². The molecule has 1 aliphatic rings. The Kier molecular flexibility index (Phi) is 6.06. The normalized spacial score (nSPS) is 26.9. The monoisotopic (exact) mass is 274 g/mol. The maximum atomic E-state index is 3.54. The Hall–Kier alpha value is -0.860. The van der Waals surface area contributed by atoms with Gasteiger partial charge in [-0.3, -0.25) is 0 Å². The molecule has 1 aliphatic carbocycles. The van der Waals surface area contributed by atoms with Crippen molar-refractivity contribution in [2.24, 2.45) is 5.92 Å². The zero-order chi connectivity index (χ0) is 14.4. The summed E-state index contributed by atoms with van der Waals surface area (Å²) in [4.78, 5) is 2.58. The molecular formula is C18H30N2. The van der Waals surface area contributed by atoms with Crippen LogP contribution in [-0.4, -0.2) is 37.6 Å². The van der Waals surface area contributed by atoms with Crippen LogP contribution in [0.2, 0.25) is 0 Å². The highest BCUT2D eigenvalue weighted by Crippen LogP contribution is 2.29. The van der Waals surface area contributed by atoms with Crippen LogP contribution in [0.1, 0.15) is 38.2 Å². The Morgan fingerprint density at radius 1 is 1.20 bits per heavy atom. The highest BCUT2D eigenvalue weighted by atomic mass is 15.2. The van der Waals surface area contributed by atoms with Crippen molar-refractivity contribution in [1.82, 2.24) is 10.2 Å². The van der Waals surface area contributed by atoms with Crippen LogP contribution in [0.15, 0.2) is 30.3 Å². The molecule has 0 heterocycles. The van der Waals surface area contributed by atoms with E-state index >= 15 is 0 Å². The molecule has 2 heteroatoms. The molecule has 2 nitrogen and oxygen atoms in total. The van der Waals surface area contributed by atoms with Gasteiger partial charge in [-0.05, 0) is 51.3 Å². The largest absolute Gasteiger partial charge is 0.315 e. The molecule has 0 aromatic heterocycles. The summed E-state index contributed by atoms with van der Waals surface area (Å²) in [6.45, 7) is 3.49. The van der Waals surface area contributed by atoms with Gasteiger partial charge in [-0.1, -0.05) is 43.7 Å². The smallest absolute Gasteiger partial charge is 0.0248 e. The van der Waals surface area contributed by atoms with Crippen LogP contribution in [0.5, 0.6) is 0 Å². The van der Waals surface area contributed by atoms with Crippen LogP contribution in [0.25, 0.3) is 0 Å². The minimum atomic E-state index is 0.665. The van der Waals surface area contributed by atoms with E-state index in [4.69, 9.17) is 0 Å². The van der Waals surface area contributed by atoms with Gasteiger partial charge in [-0.25, -0.2) is 0 Å². The minimum Gasteiger partial charge on any atom is -0.315 e. The van der Waals surface area contributed by atoms with Gasteiger partial charge >= 0.3 is 0 Å². The van der Waals surface area contributed by atoms with E-state index in [0.29, 0.717) is 12.1 Å². The highest BCUT2D eigenvalue weighted by Gasteiger charge is 2.31. The highest BCUT2D eigenvalue weighted by molar-refractivity contribution is 5.14. The molecule has 1 aromatic carbocycles. The first-order valence-electron chi connectivity index (χ1n) is 8.16. The summed E-state index contributed by atoms with van der Waals surface area (Å²) in [5, 5.41) is 3.54. The SMILES string of the molecule is CCC1CCC(NC)C(N(C)CCc2ccccc2)C1. The maximum Gasteiger partial charge on any atom is 0.0248 e. The summed E-state index contributed by atoms with van der Waals surface area (Å²) in [5.41, 5.74) is 1.45. The third-order valence-electron chi connectivity index (χ3n) is 5.04. The number of benzene rings is 1. The van der Waals surface area contributed by atoms with Crippen LogP contribution in [0.3, 0.4) is 0 Å². The lowest BCUT2D eigenvalue weighted by molar-refractivity contribution is 0.122. The van der Waals surface area contributed by atoms with Gasteiger partial charge in [0.15, 0.2) is 0 Å². The minimum absolute atomic E-state index is 0.665. The van der Waals surface area contributed by atoms with Crippen molar-refractivity contribution in [1.29, 1.82) is 0 Å². The molecule has 0 radical (unpaired) electrons. The molecule has 1 saturated carbocycles. The standard InChI is InChI=1S/C18H30N2/c1-4-15-10-11-17(19-2)18(14-15)20(3)13-12-16-8-6-5-7-9-16/h5-9,15,17-19H,4,10-14H2,1-3H3. The van der Waals surface area contributed by atoms with Gasteiger partial charge in [0.1, 0.15) is 0 Å². The van der Waals surface area contributed by atoms with Crippen molar-refractivity contribution < 1.29 is 0 Å². The maximum absolute atomic E-state index is 3.54. The first-order valence-corrected chi connectivity index (χ1v) is 8.16. The fourth-order valence-corrected chi connectivity index (χ4v) is 3.54. The molecule has 0 saturated heterocycles. The molecule has 0 bridgehead atoms.